The van der Waals surface area contributed by atoms with E-state index in [4.69, 9.17) is 11.6 Å². The molecule has 0 aromatic heterocycles. The maximum Gasteiger partial charge on any atom is 0.253 e. The number of nitrogens with one attached hydrogen (secondary N) is 1. The molecule has 2 amide bonds. The van der Waals surface area contributed by atoms with Gasteiger partial charge in [-0.15, -0.1) is 0 Å². The molecule has 2 rings (SSSR count). The Kier molecular flexibility index (Phi) is 7.18. The van der Waals surface area contributed by atoms with Crippen molar-refractivity contribution in [1.29, 1.82) is 0 Å². The molecule has 26 heavy (non-hydrogen) atoms. The maximum atomic E-state index is 12.3. The molecule has 5 nitrogen and oxygen atoms in total. The number of nitrogens with zero attached hydrogens (tertiary/aromatic N) is 2. The van der Waals surface area contributed by atoms with Crippen LogP contribution in [-0.4, -0.2) is 48.8 Å². The number of rotatable bonds is 7. The molecule has 0 saturated carbocycles. The Morgan fingerprint density at radius 1 is 1.04 bits per heavy atom. The van der Waals surface area contributed by atoms with Crippen LogP contribution in [-0.2, 0) is 11.3 Å². The molecular weight excluding hydrogens is 350 g/mol. The first-order chi connectivity index (χ1) is 12.4. The summed E-state index contributed by atoms with van der Waals surface area (Å²) in [5.74, 6) is -0.176. The Hall–Kier alpha value is -2.37. The lowest BCUT2D eigenvalue weighted by Crippen LogP contribution is -2.32. The van der Waals surface area contributed by atoms with Crippen molar-refractivity contribution in [1.82, 2.24) is 9.80 Å². The van der Waals surface area contributed by atoms with Crippen LogP contribution < -0.4 is 5.32 Å². The molecule has 0 aliphatic rings. The molecule has 138 valence electrons. The van der Waals surface area contributed by atoms with Gasteiger partial charge >= 0.3 is 0 Å². The van der Waals surface area contributed by atoms with Crippen molar-refractivity contribution in [3.8, 4) is 0 Å². The normalized spacial score (nSPS) is 10.7. The van der Waals surface area contributed by atoms with E-state index in [0.717, 1.165) is 12.1 Å². The van der Waals surface area contributed by atoms with Gasteiger partial charge in [0.25, 0.3) is 5.91 Å². The molecule has 0 aliphatic heterocycles. The number of amides is 2. The minimum Gasteiger partial charge on any atom is -0.345 e. The van der Waals surface area contributed by atoms with E-state index in [1.54, 1.807) is 38.4 Å². The van der Waals surface area contributed by atoms with E-state index < -0.39 is 0 Å². The van der Waals surface area contributed by atoms with Gasteiger partial charge in [-0.25, -0.2) is 0 Å². The fourth-order valence-corrected chi connectivity index (χ4v) is 2.70. The predicted octanol–water partition coefficient (Wildman–Crippen LogP) is 3.50. The van der Waals surface area contributed by atoms with Crippen molar-refractivity contribution in [3.63, 3.8) is 0 Å². The van der Waals surface area contributed by atoms with Crippen molar-refractivity contribution in [3.05, 3.63) is 64.7 Å². The van der Waals surface area contributed by atoms with Crippen LogP contribution in [0.2, 0.25) is 5.02 Å². The lowest BCUT2D eigenvalue weighted by Gasteiger charge is -2.20. The first-order valence-corrected chi connectivity index (χ1v) is 8.85. The first-order valence-electron chi connectivity index (χ1n) is 8.48. The molecule has 2 aromatic rings. The van der Waals surface area contributed by atoms with E-state index in [2.05, 4.69) is 5.32 Å². The van der Waals surface area contributed by atoms with E-state index in [-0.39, 0.29) is 18.4 Å². The molecule has 0 aliphatic carbocycles. The van der Waals surface area contributed by atoms with Gasteiger partial charge in [-0.2, -0.15) is 0 Å². The van der Waals surface area contributed by atoms with E-state index in [1.165, 1.54) is 4.90 Å². The number of carbonyl (C=O) groups is 2. The summed E-state index contributed by atoms with van der Waals surface area (Å²) < 4.78 is 0. The summed E-state index contributed by atoms with van der Waals surface area (Å²) in [6.45, 7) is 3.61. The third kappa shape index (κ3) is 5.58. The van der Waals surface area contributed by atoms with Crippen LogP contribution in [0.15, 0.2) is 48.5 Å². The van der Waals surface area contributed by atoms with E-state index in [1.807, 2.05) is 36.1 Å². The number of carbonyl (C=O) groups excluding carboxylic acids is 2. The first kappa shape index (κ1) is 19.9. The van der Waals surface area contributed by atoms with Crippen molar-refractivity contribution in [2.75, 3.05) is 32.5 Å². The van der Waals surface area contributed by atoms with Crippen molar-refractivity contribution >= 4 is 29.1 Å². The zero-order chi connectivity index (χ0) is 19.1. The fraction of sp³-hybridized carbons (Fsp3) is 0.300. The topological polar surface area (TPSA) is 52.7 Å². The van der Waals surface area contributed by atoms with Gasteiger partial charge < -0.3 is 10.2 Å². The number of likely N-dealkylation sites (N-methyl/N-ethyl adjacent to an activating group) is 1. The molecule has 0 atom stereocenters. The number of benzene rings is 2. The van der Waals surface area contributed by atoms with E-state index in [0.29, 0.717) is 22.8 Å². The number of halogens is 1. The molecule has 1 N–H and O–H groups in total. The van der Waals surface area contributed by atoms with Gasteiger partial charge in [0.2, 0.25) is 5.91 Å². The van der Waals surface area contributed by atoms with Crippen molar-refractivity contribution in [2.45, 2.75) is 13.5 Å². The highest BCUT2D eigenvalue weighted by atomic mass is 35.5. The second-order valence-corrected chi connectivity index (χ2v) is 6.63. The van der Waals surface area contributed by atoms with Gasteiger partial charge in [-0.1, -0.05) is 36.7 Å². The largest absolute Gasteiger partial charge is 0.345 e. The van der Waals surface area contributed by atoms with E-state index in [9.17, 15) is 9.59 Å². The summed E-state index contributed by atoms with van der Waals surface area (Å²) >= 11 is 6.20. The maximum absolute atomic E-state index is 12.3. The SMILES string of the molecule is CCN(CC(=O)Nc1ccc(C(=O)N(C)C)cc1)Cc1ccccc1Cl. The van der Waals surface area contributed by atoms with Gasteiger partial charge in [0, 0.05) is 36.9 Å². The van der Waals surface area contributed by atoms with Crippen LogP contribution in [0.1, 0.15) is 22.8 Å². The highest BCUT2D eigenvalue weighted by Crippen LogP contribution is 2.17. The average molecular weight is 374 g/mol. The number of anilines is 1. The Balaban J connectivity index is 1.94. The Bertz CT molecular complexity index is 760. The van der Waals surface area contributed by atoms with Gasteiger partial charge in [-0.05, 0) is 42.4 Å². The minimum atomic E-state index is -0.106. The predicted molar refractivity (Wildman–Crippen MR) is 105 cm³/mol. The lowest BCUT2D eigenvalue weighted by atomic mass is 10.2. The summed E-state index contributed by atoms with van der Waals surface area (Å²) in [5.41, 5.74) is 2.25. The molecule has 6 heteroatoms. The second-order valence-electron chi connectivity index (χ2n) is 6.22. The zero-order valence-electron chi connectivity index (χ0n) is 15.3. The molecule has 0 bridgehead atoms. The van der Waals surface area contributed by atoms with E-state index >= 15 is 0 Å². The molecule has 0 fully saturated rings. The molecule has 0 spiro atoms. The van der Waals surface area contributed by atoms with Crippen LogP contribution in [0.5, 0.6) is 0 Å². The zero-order valence-corrected chi connectivity index (χ0v) is 16.1. The summed E-state index contributed by atoms with van der Waals surface area (Å²) in [5, 5.41) is 3.57. The lowest BCUT2D eigenvalue weighted by molar-refractivity contribution is -0.117. The van der Waals surface area contributed by atoms with Gasteiger partial charge in [0.1, 0.15) is 0 Å². The molecular formula is C20H24ClN3O2. The van der Waals surface area contributed by atoms with Crippen LogP contribution in [0.3, 0.4) is 0 Å². The minimum absolute atomic E-state index is 0.0697. The Labute approximate surface area is 159 Å². The standard InChI is InChI=1S/C20H24ClN3O2/c1-4-24(13-16-7-5-6-8-18(16)21)14-19(25)22-17-11-9-15(10-12-17)20(26)23(2)3/h5-12H,4,13-14H2,1-3H3,(H,22,25). The summed E-state index contributed by atoms with van der Waals surface area (Å²) in [7, 11) is 3.41. The van der Waals surface area contributed by atoms with Crippen LogP contribution in [0, 0.1) is 0 Å². The van der Waals surface area contributed by atoms with Gasteiger partial charge in [0.15, 0.2) is 0 Å². The third-order valence-electron chi connectivity index (χ3n) is 3.99. The monoisotopic (exact) mass is 373 g/mol. The Morgan fingerprint density at radius 3 is 2.27 bits per heavy atom. The molecule has 0 unspecified atom stereocenters. The summed E-state index contributed by atoms with van der Waals surface area (Å²) in [6.07, 6.45) is 0. The van der Waals surface area contributed by atoms with Crippen LogP contribution in [0.4, 0.5) is 5.69 Å². The third-order valence-corrected chi connectivity index (χ3v) is 4.36. The number of hydrogen-bond acceptors (Lipinski definition) is 3. The highest BCUT2D eigenvalue weighted by molar-refractivity contribution is 6.31. The molecule has 2 aromatic carbocycles. The van der Waals surface area contributed by atoms with Gasteiger partial charge in [0.05, 0.1) is 6.54 Å². The van der Waals surface area contributed by atoms with Crippen molar-refractivity contribution < 1.29 is 9.59 Å². The molecule has 0 heterocycles. The summed E-state index contributed by atoms with van der Waals surface area (Å²) in [4.78, 5) is 27.7. The second kappa shape index (κ2) is 9.36. The van der Waals surface area contributed by atoms with Crippen LogP contribution in [0.25, 0.3) is 0 Å². The number of hydrogen-bond donors (Lipinski definition) is 1. The fourth-order valence-electron chi connectivity index (χ4n) is 2.50. The van der Waals surface area contributed by atoms with Crippen LogP contribution >= 0.6 is 11.6 Å². The summed E-state index contributed by atoms with van der Waals surface area (Å²) in [6, 6.07) is 14.5. The quantitative estimate of drug-likeness (QED) is 0.808. The van der Waals surface area contributed by atoms with Crippen molar-refractivity contribution in [2.24, 2.45) is 0 Å². The average Bonchev–Trinajstić information content (AvgIpc) is 2.62. The Morgan fingerprint density at radius 2 is 1.69 bits per heavy atom. The molecule has 0 radical (unpaired) electrons. The van der Waals surface area contributed by atoms with Gasteiger partial charge in [-0.3, -0.25) is 14.5 Å². The molecule has 0 saturated heterocycles. The smallest absolute Gasteiger partial charge is 0.253 e. The highest BCUT2D eigenvalue weighted by Gasteiger charge is 2.12.